The number of anilines is 1. The normalized spacial score (nSPS) is 20.6. The SMILES string of the molecule is COc1ccc(OC)c(NC(=O)C[NH+]2CCC(C(=O)[O-])CC2)c1. The number of piperidine rings is 1. The summed E-state index contributed by atoms with van der Waals surface area (Å²) in [5, 5.41) is 13.7. The molecule has 23 heavy (non-hydrogen) atoms. The van der Waals surface area contributed by atoms with Gasteiger partial charge in [-0.3, -0.25) is 4.79 Å². The molecule has 0 radical (unpaired) electrons. The molecule has 1 amide bonds. The summed E-state index contributed by atoms with van der Waals surface area (Å²) >= 11 is 0. The molecular formula is C16H22N2O5. The van der Waals surface area contributed by atoms with E-state index >= 15 is 0 Å². The van der Waals surface area contributed by atoms with E-state index in [2.05, 4.69) is 5.32 Å². The second kappa shape index (κ2) is 7.82. The summed E-state index contributed by atoms with van der Waals surface area (Å²) in [6.07, 6.45) is 1.10. The molecule has 7 heteroatoms. The van der Waals surface area contributed by atoms with Crippen LogP contribution in [0.25, 0.3) is 0 Å². The molecule has 0 bridgehead atoms. The summed E-state index contributed by atoms with van der Waals surface area (Å²) < 4.78 is 10.4. The lowest BCUT2D eigenvalue weighted by Crippen LogP contribution is -3.14. The molecule has 1 saturated heterocycles. The topological polar surface area (TPSA) is 92.1 Å². The third-order valence-electron chi connectivity index (χ3n) is 4.12. The van der Waals surface area contributed by atoms with E-state index in [1.54, 1.807) is 25.3 Å². The lowest BCUT2D eigenvalue weighted by molar-refractivity contribution is -0.897. The number of nitrogens with one attached hydrogen (secondary N) is 2. The van der Waals surface area contributed by atoms with Crippen LogP contribution in [0.1, 0.15) is 12.8 Å². The molecule has 0 aliphatic carbocycles. The van der Waals surface area contributed by atoms with Gasteiger partial charge in [0.15, 0.2) is 6.54 Å². The van der Waals surface area contributed by atoms with Crippen molar-refractivity contribution in [3.8, 4) is 11.5 Å². The molecule has 1 aromatic carbocycles. The molecule has 1 aromatic rings. The molecule has 0 aromatic heterocycles. The van der Waals surface area contributed by atoms with Crippen molar-refractivity contribution in [3.63, 3.8) is 0 Å². The van der Waals surface area contributed by atoms with Crippen LogP contribution < -0.4 is 24.8 Å². The predicted molar refractivity (Wildman–Crippen MR) is 81.5 cm³/mol. The van der Waals surface area contributed by atoms with Crippen LogP contribution in [0.4, 0.5) is 5.69 Å². The highest BCUT2D eigenvalue weighted by Gasteiger charge is 2.24. The number of carboxylic acid groups (broad SMARTS) is 1. The fourth-order valence-corrected chi connectivity index (χ4v) is 2.77. The highest BCUT2D eigenvalue weighted by atomic mass is 16.5. The molecule has 0 atom stereocenters. The average molecular weight is 322 g/mol. The lowest BCUT2D eigenvalue weighted by Gasteiger charge is -2.29. The summed E-state index contributed by atoms with van der Waals surface area (Å²) in [5.74, 6) is -0.332. The number of ether oxygens (including phenoxy) is 2. The standard InChI is InChI=1S/C16H22N2O5/c1-22-12-3-4-14(23-2)13(9-12)17-15(19)10-18-7-5-11(6-8-18)16(20)21/h3-4,9,11H,5-8,10H2,1-2H3,(H,17,19)(H,20,21). The van der Waals surface area contributed by atoms with Crippen molar-refractivity contribution >= 4 is 17.6 Å². The lowest BCUT2D eigenvalue weighted by atomic mass is 9.97. The average Bonchev–Trinajstić information content (AvgIpc) is 2.55. The zero-order chi connectivity index (χ0) is 16.8. The Morgan fingerprint density at radius 3 is 2.52 bits per heavy atom. The van der Waals surface area contributed by atoms with Crippen molar-refractivity contribution in [2.75, 3.05) is 39.2 Å². The summed E-state index contributed by atoms with van der Waals surface area (Å²) in [4.78, 5) is 24.1. The van der Waals surface area contributed by atoms with Crippen LogP contribution in [0.3, 0.4) is 0 Å². The van der Waals surface area contributed by atoms with Gasteiger partial charge in [0.25, 0.3) is 5.91 Å². The molecular weight excluding hydrogens is 300 g/mol. The smallest absolute Gasteiger partial charge is 0.279 e. The second-order valence-electron chi connectivity index (χ2n) is 5.63. The Kier molecular flexibility index (Phi) is 5.81. The Hall–Kier alpha value is -2.28. The number of hydrogen-bond donors (Lipinski definition) is 2. The fraction of sp³-hybridized carbons (Fsp3) is 0.500. The van der Waals surface area contributed by atoms with Gasteiger partial charge in [0.2, 0.25) is 0 Å². The number of quaternary nitrogens is 1. The van der Waals surface area contributed by atoms with E-state index in [1.165, 1.54) is 7.11 Å². The van der Waals surface area contributed by atoms with E-state index in [9.17, 15) is 14.7 Å². The zero-order valence-corrected chi connectivity index (χ0v) is 13.4. The second-order valence-corrected chi connectivity index (χ2v) is 5.63. The number of carbonyl (C=O) groups is 2. The first-order valence-electron chi connectivity index (χ1n) is 7.59. The van der Waals surface area contributed by atoms with Gasteiger partial charge in [-0.2, -0.15) is 0 Å². The van der Waals surface area contributed by atoms with E-state index in [4.69, 9.17) is 9.47 Å². The molecule has 1 heterocycles. The van der Waals surface area contributed by atoms with E-state index in [0.29, 0.717) is 49.7 Å². The van der Waals surface area contributed by atoms with Gasteiger partial charge in [0, 0.05) is 30.8 Å². The Morgan fingerprint density at radius 2 is 1.96 bits per heavy atom. The summed E-state index contributed by atoms with van der Waals surface area (Å²) in [7, 11) is 3.09. The van der Waals surface area contributed by atoms with E-state index in [0.717, 1.165) is 4.90 Å². The molecule has 1 fully saturated rings. The van der Waals surface area contributed by atoms with Gasteiger partial charge in [-0.05, 0) is 12.1 Å². The van der Waals surface area contributed by atoms with Gasteiger partial charge < -0.3 is 29.6 Å². The van der Waals surface area contributed by atoms with E-state index in [1.807, 2.05) is 0 Å². The van der Waals surface area contributed by atoms with E-state index in [-0.39, 0.29) is 11.8 Å². The highest BCUT2D eigenvalue weighted by Crippen LogP contribution is 2.28. The van der Waals surface area contributed by atoms with Gasteiger partial charge in [-0.15, -0.1) is 0 Å². The molecule has 2 rings (SSSR count). The van der Waals surface area contributed by atoms with Crippen molar-refractivity contribution < 1.29 is 29.1 Å². The minimum Gasteiger partial charge on any atom is -0.550 e. The Bertz CT molecular complexity index is 568. The summed E-state index contributed by atoms with van der Waals surface area (Å²) in [6, 6.07) is 5.19. The number of likely N-dealkylation sites (tertiary alicyclic amines) is 1. The molecule has 126 valence electrons. The number of aliphatic carboxylic acids is 1. The van der Waals surface area contributed by atoms with Gasteiger partial charge >= 0.3 is 0 Å². The third-order valence-corrected chi connectivity index (χ3v) is 4.12. The number of benzene rings is 1. The first-order chi connectivity index (χ1) is 11.0. The van der Waals surface area contributed by atoms with E-state index < -0.39 is 5.97 Å². The maximum absolute atomic E-state index is 12.2. The predicted octanol–water partition coefficient (Wildman–Crippen LogP) is -1.31. The third kappa shape index (κ3) is 4.59. The van der Waals surface area contributed by atoms with Crippen LogP contribution in [0.2, 0.25) is 0 Å². The van der Waals surface area contributed by atoms with Crippen molar-refractivity contribution in [3.05, 3.63) is 18.2 Å². The van der Waals surface area contributed by atoms with Crippen LogP contribution in [0.15, 0.2) is 18.2 Å². The largest absolute Gasteiger partial charge is 0.550 e. The summed E-state index contributed by atoms with van der Waals surface area (Å²) in [6.45, 7) is 1.60. The number of carboxylic acids is 1. The maximum atomic E-state index is 12.2. The van der Waals surface area contributed by atoms with Crippen molar-refractivity contribution in [2.45, 2.75) is 12.8 Å². The highest BCUT2D eigenvalue weighted by molar-refractivity contribution is 5.93. The van der Waals surface area contributed by atoms with Gasteiger partial charge in [0.05, 0.1) is 33.0 Å². The quantitative estimate of drug-likeness (QED) is 0.678. The first-order valence-corrected chi connectivity index (χ1v) is 7.59. The molecule has 0 saturated carbocycles. The number of amides is 1. The first kappa shape index (κ1) is 17.1. The van der Waals surface area contributed by atoms with Crippen LogP contribution in [0, 0.1) is 5.92 Å². The van der Waals surface area contributed by atoms with Gasteiger partial charge in [-0.1, -0.05) is 0 Å². The van der Waals surface area contributed by atoms with Crippen molar-refractivity contribution in [1.82, 2.24) is 0 Å². The summed E-state index contributed by atoms with van der Waals surface area (Å²) in [5.41, 5.74) is 0.556. The molecule has 1 aliphatic heterocycles. The van der Waals surface area contributed by atoms with Gasteiger partial charge in [0.1, 0.15) is 11.5 Å². The van der Waals surface area contributed by atoms with Crippen molar-refractivity contribution in [2.24, 2.45) is 5.92 Å². The fourth-order valence-electron chi connectivity index (χ4n) is 2.77. The Morgan fingerprint density at radius 1 is 1.26 bits per heavy atom. The Balaban J connectivity index is 1.91. The Labute approximate surface area is 135 Å². The van der Waals surface area contributed by atoms with Crippen molar-refractivity contribution in [1.29, 1.82) is 0 Å². The molecule has 1 aliphatic rings. The van der Waals surface area contributed by atoms with Crippen LogP contribution in [-0.4, -0.2) is 45.7 Å². The molecule has 2 N–H and O–H groups in total. The number of rotatable bonds is 6. The zero-order valence-electron chi connectivity index (χ0n) is 13.4. The van der Waals surface area contributed by atoms with Crippen LogP contribution >= 0.6 is 0 Å². The number of methoxy groups -OCH3 is 2. The molecule has 0 spiro atoms. The minimum absolute atomic E-state index is 0.140. The minimum atomic E-state index is -0.991. The molecule has 7 nitrogen and oxygen atoms in total. The number of carbonyl (C=O) groups excluding carboxylic acids is 2. The van der Waals surface area contributed by atoms with Crippen LogP contribution in [0.5, 0.6) is 11.5 Å². The van der Waals surface area contributed by atoms with Crippen LogP contribution in [-0.2, 0) is 9.59 Å². The monoisotopic (exact) mass is 322 g/mol. The molecule has 0 unspecified atom stereocenters. The number of hydrogen-bond acceptors (Lipinski definition) is 5. The van der Waals surface area contributed by atoms with Gasteiger partial charge in [-0.25, -0.2) is 0 Å². The maximum Gasteiger partial charge on any atom is 0.279 e.